The second-order valence-corrected chi connectivity index (χ2v) is 2.96. The first-order chi connectivity index (χ1) is 4.33. The second-order valence-electron chi connectivity index (χ2n) is 2.96. The number of aliphatic hydroxyl groups is 1. The zero-order valence-electron chi connectivity index (χ0n) is 5.93. The maximum atomic E-state index is 8.75. The van der Waals surface area contributed by atoms with E-state index in [0.717, 1.165) is 18.9 Å². The van der Waals surface area contributed by atoms with Gasteiger partial charge in [0.15, 0.2) is 0 Å². The Morgan fingerprint density at radius 3 is 2.89 bits per heavy atom. The molecular weight excluding hydrogens is 114 g/mol. The molecule has 2 heteroatoms. The van der Waals surface area contributed by atoms with Crippen molar-refractivity contribution in [3.63, 3.8) is 0 Å². The number of hydrogen-bond acceptors (Lipinski definition) is 2. The minimum absolute atomic E-state index is 0.296. The van der Waals surface area contributed by atoms with Crippen LogP contribution in [-0.4, -0.2) is 24.3 Å². The zero-order valence-corrected chi connectivity index (χ0v) is 5.93. The normalized spacial score (nSPS) is 36.7. The summed E-state index contributed by atoms with van der Waals surface area (Å²) in [6.07, 6.45) is 2.40. The lowest BCUT2D eigenvalue weighted by molar-refractivity contribution is 0.198. The minimum atomic E-state index is 0.296. The Hall–Kier alpha value is -0.0800. The average Bonchev–Trinajstić information content (AvgIpc) is 1.88. The number of hydrogen-bond donors (Lipinski definition) is 2. The molecule has 1 aliphatic heterocycles. The Morgan fingerprint density at radius 1 is 1.67 bits per heavy atom. The summed E-state index contributed by atoms with van der Waals surface area (Å²) >= 11 is 0. The van der Waals surface area contributed by atoms with Crippen LogP contribution in [0.5, 0.6) is 0 Å². The fraction of sp³-hybridized carbons (Fsp3) is 1.00. The molecule has 54 valence electrons. The smallest absolute Gasteiger partial charge is 0.0584 e. The maximum absolute atomic E-state index is 8.75. The highest BCUT2D eigenvalue weighted by molar-refractivity contribution is 4.74. The van der Waals surface area contributed by atoms with E-state index in [1.165, 1.54) is 6.42 Å². The van der Waals surface area contributed by atoms with Crippen molar-refractivity contribution in [3.8, 4) is 0 Å². The molecule has 1 heterocycles. The van der Waals surface area contributed by atoms with Gasteiger partial charge in [0.2, 0.25) is 0 Å². The SMILES string of the molecule is CC1CCNC(CO)C1. The van der Waals surface area contributed by atoms with Crippen LogP contribution in [-0.2, 0) is 0 Å². The maximum Gasteiger partial charge on any atom is 0.0584 e. The van der Waals surface area contributed by atoms with Gasteiger partial charge in [-0.2, -0.15) is 0 Å². The summed E-state index contributed by atoms with van der Waals surface area (Å²) in [5.74, 6) is 0.795. The van der Waals surface area contributed by atoms with Crippen LogP contribution in [0.3, 0.4) is 0 Å². The Morgan fingerprint density at radius 2 is 2.44 bits per heavy atom. The van der Waals surface area contributed by atoms with E-state index in [1.54, 1.807) is 0 Å². The summed E-state index contributed by atoms with van der Waals surface area (Å²) in [5, 5.41) is 12.0. The van der Waals surface area contributed by atoms with Gasteiger partial charge in [0.05, 0.1) is 6.61 Å². The van der Waals surface area contributed by atoms with E-state index in [1.807, 2.05) is 0 Å². The summed E-state index contributed by atoms with van der Waals surface area (Å²) in [6, 6.07) is 0.369. The van der Waals surface area contributed by atoms with Gasteiger partial charge < -0.3 is 10.4 Å². The van der Waals surface area contributed by atoms with E-state index in [9.17, 15) is 0 Å². The predicted molar refractivity (Wildman–Crippen MR) is 37.3 cm³/mol. The molecule has 1 aliphatic rings. The van der Waals surface area contributed by atoms with Crippen LogP contribution in [0.15, 0.2) is 0 Å². The standard InChI is InChI=1S/C7H15NO/c1-6-2-3-8-7(4-6)5-9/h6-9H,2-5H2,1H3. The van der Waals surface area contributed by atoms with Crippen molar-refractivity contribution in [2.45, 2.75) is 25.8 Å². The largest absolute Gasteiger partial charge is 0.395 e. The number of rotatable bonds is 1. The molecule has 0 radical (unpaired) electrons. The summed E-state index contributed by atoms with van der Waals surface area (Å²) in [4.78, 5) is 0. The third-order valence-electron chi connectivity index (χ3n) is 1.98. The summed E-state index contributed by atoms with van der Waals surface area (Å²) < 4.78 is 0. The molecular formula is C7H15NO. The number of nitrogens with one attached hydrogen (secondary N) is 1. The van der Waals surface area contributed by atoms with Crippen molar-refractivity contribution >= 4 is 0 Å². The fourth-order valence-corrected chi connectivity index (χ4v) is 1.36. The molecule has 2 N–H and O–H groups in total. The fourth-order valence-electron chi connectivity index (χ4n) is 1.36. The van der Waals surface area contributed by atoms with E-state index >= 15 is 0 Å². The Labute approximate surface area is 56.3 Å². The molecule has 1 saturated heterocycles. The Bertz CT molecular complexity index is 85.0. The monoisotopic (exact) mass is 129 g/mol. The molecule has 0 spiro atoms. The molecule has 0 bridgehead atoms. The van der Waals surface area contributed by atoms with Gasteiger partial charge in [0.1, 0.15) is 0 Å². The van der Waals surface area contributed by atoms with Crippen LogP contribution in [0.2, 0.25) is 0 Å². The van der Waals surface area contributed by atoms with Crippen molar-refractivity contribution in [2.75, 3.05) is 13.2 Å². The quantitative estimate of drug-likeness (QED) is 0.536. The van der Waals surface area contributed by atoms with Crippen LogP contribution in [0.1, 0.15) is 19.8 Å². The van der Waals surface area contributed by atoms with E-state index < -0.39 is 0 Å². The summed E-state index contributed by atoms with van der Waals surface area (Å²) in [7, 11) is 0. The van der Waals surface area contributed by atoms with Crippen molar-refractivity contribution in [1.82, 2.24) is 5.32 Å². The molecule has 0 amide bonds. The molecule has 0 saturated carbocycles. The van der Waals surface area contributed by atoms with Crippen LogP contribution in [0.4, 0.5) is 0 Å². The van der Waals surface area contributed by atoms with E-state index in [0.29, 0.717) is 12.6 Å². The third kappa shape index (κ3) is 1.95. The summed E-state index contributed by atoms with van der Waals surface area (Å²) in [5.41, 5.74) is 0. The van der Waals surface area contributed by atoms with Crippen LogP contribution in [0.25, 0.3) is 0 Å². The van der Waals surface area contributed by atoms with Gasteiger partial charge in [-0.3, -0.25) is 0 Å². The number of aliphatic hydroxyl groups excluding tert-OH is 1. The predicted octanol–water partition coefficient (Wildman–Crippen LogP) is 0.367. The lowest BCUT2D eigenvalue weighted by Gasteiger charge is -2.26. The first-order valence-electron chi connectivity index (χ1n) is 3.67. The van der Waals surface area contributed by atoms with Crippen molar-refractivity contribution in [2.24, 2.45) is 5.92 Å². The molecule has 0 aliphatic carbocycles. The van der Waals surface area contributed by atoms with Crippen LogP contribution < -0.4 is 5.32 Å². The molecule has 2 nitrogen and oxygen atoms in total. The highest BCUT2D eigenvalue weighted by atomic mass is 16.3. The number of piperidine rings is 1. The van der Waals surface area contributed by atoms with Gasteiger partial charge in [0.25, 0.3) is 0 Å². The molecule has 1 rings (SSSR count). The second kappa shape index (κ2) is 3.18. The van der Waals surface area contributed by atoms with Gasteiger partial charge in [-0.1, -0.05) is 6.92 Å². The average molecular weight is 129 g/mol. The van der Waals surface area contributed by atoms with Crippen molar-refractivity contribution < 1.29 is 5.11 Å². The molecule has 1 fully saturated rings. The van der Waals surface area contributed by atoms with E-state index in [2.05, 4.69) is 12.2 Å². The molecule has 9 heavy (non-hydrogen) atoms. The van der Waals surface area contributed by atoms with Crippen molar-refractivity contribution in [3.05, 3.63) is 0 Å². The van der Waals surface area contributed by atoms with Crippen LogP contribution >= 0.6 is 0 Å². The lowest BCUT2D eigenvalue weighted by Crippen LogP contribution is -2.39. The first-order valence-corrected chi connectivity index (χ1v) is 3.67. The topological polar surface area (TPSA) is 32.3 Å². The minimum Gasteiger partial charge on any atom is -0.395 e. The van der Waals surface area contributed by atoms with E-state index in [4.69, 9.17) is 5.11 Å². The third-order valence-corrected chi connectivity index (χ3v) is 1.98. The highest BCUT2D eigenvalue weighted by Gasteiger charge is 2.16. The lowest BCUT2D eigenvalue weighted by atomic mass is 9.95. The molecule has 2 atom stereocenters. The van der Waals surface area contributed by atoms with Gasteiger partial charge in [0, 0.05) is 6.04 Å². The van der Waals surface area contributed by atoms with E-state index in [-0.39, 0.29) is 0 Å². The Balaban J connectivity index is 2.23. The van der Waals surface area contributed by atoms with Crippen LogP contribution in [0, 0.1) is 5.92 Å². The van der Waals surface area contributed by atoms with Gasteiger partial charge >= 0.3 is 0 Å². The molecule has 0 aromatic rings. The van der Waals surface area contributed by atoms with Gasteiger partial charge in [-0.25, -0.2) is 0 Å². The molecule has 2 unspecified atom stereocenters. The van der Waals surface area contributed by atoms with Crippen molar-refractivity contribution in [1.29, 1.82) is 0 Å². The first kappa shape index (κ1) is 7.03. The molecule has 0 aromatic heterocycles. The van der Waals surface area contributed by atoms with Gasteiger partial charge in [-0.05, 0) is 25.3 Å². The Kier molecular flexibility index (Phi) is 2.49. The molecule has 0 aromatic carbocycles. The van der Waals surface area contributed by atoms with Gasteiger partial charge in [-0.15, -0.1) is 0 Å². The summed E-state index contributed by atoms with van der Waals surface area (Å²) in [6.45, 7) is 3.61. The highest BCUT2D eigenvalue weighted by Crippen LogP contribution is 2.13. The zero-order chi connectivity index (χ0) is 6.69.